The van der Waals surface area contributed by atoms with Gasteiger partial charge in [-0.25, -0.2) is 0 Å². The summed E-state index contributed by atoms with van der Waals surface area (Å²) in [5.74, 6) is 0. The lowest BCUT2D eigenvalue weighted by molar-refractivity contribution is 0.768. The molecule has 0 amide bonds. The standard InChI is InChI=1S/C13H16N4/c1-16-7-6-14-12-5-3-4-11(13(12)16)10-8-15-17(2)9-10/h3-5,8-9,14H,6-7H2,1-2H3. The summed E-state index contributed by atoms with van der Waals surface area (Å²) in [5.41, 5.74) is 4.89. The molecule has 17 heavy (non-hydrogen) atoms. The summed E-state index contributed by atoms with van der Waals surface area (Å²) >= 11 is 0. The monoisotopic (exact) mass is 228 g/mol. The number of likely N-dealkylation sites (N-methyl/N-ethyl adjacent to an activating group) is 1. The zero-order valence-corrected chi connectivity index (χ0v) is 10.1. The quantitative estimate of drug-likeness (QED) is 0.810. The molecule has 1 N–H and O–H groups in total. The van der Waals surface area contributed by atoms with Crippen LogP contribution in [0.2, 0.25) is 0 Å². The molecule has 1 aromatic carbocycles. The van der Waals surface area contributed by atoms with Gasteiger partial charge in [0.15, 0.2) is 0 Å². The molecule has 0 saturated carbocycles. The van der Waals surface area contributed by atoms with Crippen LogP contribution in [0.3, 0.4) is 0 Å². The highest BCUT2D eigenvalue weighted by atomic mass is 15.2. The summed E-state index contributed by atoms with van der Waals surface area (Å²) < 4.78 is 1.84. The number of hydrogen-bond donors (Lipinski definition) is 1. The number of aromatic nitrogens is 2. The van der Waals surface area contributed by atoms with Crippen LogP contribution in [0.4, 0.5) is 11.4 Å². The van der Waals surface area contributed by atoms with Gasteiger partial charge in [0.05, 0.1) is 17.6 Å². The molecule has 2 aromatic rings. The zero-order valence-electron chi connectivity index (χ0n) is 10.1. The van der Waals surface area contributed by atoms with E-state index >= 15 is 0 Å². The van der Waals surface area contributed by atoms with Gasteiger partial charge in [-0.2, -0.15) is 5.10 Å². The van der Waals surface area contributed by atoms with Gasteiger partial charge in [0.25, 0.3) is 0 Å². The van der Waals surface area contributed by atoms with Crippen LogP contribution in [-0.4, -0.2) is 29.9 Å². The molecule has 3 rings (SSSR count). The van der Waals surface area contributed by atoms with E-state index in [1.165, 1.54) is 22.5 Å². The number of rotatable bonds is 1. The summed E-state index contributed by atoms with van der Waals surface area (Å²) in [4.78, 5) is 2.30. The Labute approximate surface area is 101 Å². The molecule has 0 aliphatic carbocycles. The van der Waals surface area contributed by atoms with Crippen molar-refractivity contribution in [2.75, 3.05) is 30.4 Å². The zero-order chi connectivity index (χ0) is 11.8. The fraction of sp³-hybridized carbons (Fsp3) is 0.308. The third-order valence-corrected chi connectivity index (χ3v) is 3.20. The van der Waals surface area contributed by atoms with Gasteiger partial charge in [0.1, 0.15) is 0 Å². The first-order valence-corrected chi connectivity index (χ1v) is 5.83. The number of para-hydroxylation sites is 1. The average molecular weight is 228 g/mol. The Morgan fingerprint density at radius 2 is 2.18 bits per heavy atom. The number of hydrogen-bond acceptors (Lipinski definition) is 3. The Hall–Kier alpha value is -1.97. The highest BCUT2D eigenvalue weighted by Gasteiger charge is 2.18. The van der Waals surface area contributed by atoms with Gasteiger partial charge in [-0.15, -0.1) is 0 Å². The van der Waals surface area contributed by atoms with Crippen molar-refractivity contribution in [3.8, 4) is 11.1 Å². The minimum absolute atomic E-state index is 1.000. The van der Waals surface area contributed by atoms with Crippen LogP contribution in [0.15, 0.2) is 30.6 Å². The number of nitrogens with one attached hydrogen (secondary N) is 1. The van der Waals surface area contributed by atoms with E-state index in [0.29, 0.717) is 0 Å². The Bertz CT molecular complexity index is 544. The number of aryl methyl sites for hydroxylation is 1. The van der Waals surface area contributed by atoms with Crippen LogP contribution in [0.25, 0.3) is 11.1 Å². The largest absolute Gasteiger partial charge is 0.382 e. The van der Waals surface area contributed by atoms with Crippen LogP contribution in [0, 0.1) is 0 Å². The minimum Gasteiger partial charge on any atom is -0.382 e. The van der Waals surface area contributed by atoms with Crippen molar-refractivity contribution in [1.29, 1.82) is 0 Å². The van der Waals surface area contributed by atoms with Crippen molar-refractivity contribution in [2.45, 2.75) is 0 Å². The van der Waals surface area contributed by atoms with Gasteiger partial charge in [-0.3, -0.25) is 4.68 Å². The van der Waals surface area contributed by atoms with E-state index in [-0.39, 0.29) is 0 Å². The van der Waals surface area contributed by atoms with E-state index in [0.717, 1.165) is 13.1 Å². The molecule has 2 heterocycles. The lowest BCUT2D eigenvalue weighted by Gasteiger charge is -2.30. The third kappa shape index (κ3) is 1.65. The van der Waals surface area contributed by atoms with Crippen LogP contribution in [0.1, 0.15) is 0 Å². The predicted octanol–water partition coefficient (Wildman–Crippen LogP) is 1.95. The van der Waals surface area contributed by atoms with E-state index in [1.54, 1.807) is 0 Å². The van der Waals surface area contributed by atoms with Crippen molar-refractivity contribution in [1.82, 2.24) is 9.78 Å². The van der Waals surface area contributed by atoms with E-state index in [2.05, 4.69) is 46.8 Å². The summed E-state index contributed by atoms with van der Waals surface area (Å²) in [5, 5.41) is 7.69. The van der Waals surface area contributed by atoms with Gasteiger partial charge in [0, 0.05) is 44.5 Å². The molecular weight excluding hydrogens is 212 g/mol. The highest BCUT2D eigenvalue weighted by Crippen LogP contribution is 2.37. The third-order valence-electron chi connectivity index (χ3n) is 3.20. The molecule has 4 nitrogen and oxygen atoms in total. The second-order valence-electron chi connectivity index (χ2n) is 4.45. The van der Waals surface area contributed by atoms with Crippen LogP contribution in [0.5, 0.6) is 0 Å². The molecule has 0 bridgehead atoms. The van der Waals surface area contributed by atoms with Crippen molar-refractivity contribution in [3.05, 3.63) is 30.6 Å². The highest BCUT2D eigenvalue weighted by molar-refractivity contribution is 5.88. The molecule has 0 unspecified atom stereocenters. The smallest absolute Gasteiger partial charge is 0.0680 e. The van der Waals surface area contributed by atoms with E-state index in [9.17, 15) is 0 Å². The molecule has 88 valence electrons. The molecular formula is C13H16N4. The van der Waals surface area contributed by atoms with Crippen LogP contribution < -0.4 is 10.2 Å². The maximum Gasteiger partial charge on any atom is 0.0680 e. The molecule has 4 heteroatoms. The normalized spacial score (nSPS) is 14.4. The van der Waals surface area contributed by atoms with Crippen molar-refractivity contribution < 1.29 is 0 Å². The summed E-state index contributed by atoms with van der Waals surface area (Å²) in [6.45, 7) is 2.03. The first-order valence-electron chi connectivity index (χ1n) is 5.83. The fourth-order valence-electron chi connectivity index (χ4n) is 2.36. The van der Waals surface area contributed by atoms with Crippen LogP contribution >= 0.6 is 0 Å². The van der Waals surface area contributed by atoms with Gasteiger partial charge < -0.3 is 10.2 Å². The molecule has 0 radical (unpaired) electrons. The van der Waals surface area contributed by atoms with E-state index < -0.39 is 0 Å². The summed E-state index contributed by atoms with van der Waals surface area (Å²) in [6.07, 6.45) is 3.97. The SMILES string of the molecule is CN1CCNc2cccc(-c3cnn(C)c3)c21. The number of nitrogens with zero attached hydrogens (tertiary/aromatic N) is 3. The molecule has 0 atom stereocenters. The second-order valence-corrected chi connectivity index (χ2v) is 4.45. The first kappa shape index (κ1) is 10.2. The average Bonchev–Trinajstić information content (AvgIpc) is 2.75. The summed E-state index contributed by atoms with van der Waals surface area (Å²) in [7, 11) is 4.08. The Kier molecular flexibility index (Phi) is 2.28. The van der Waals surface area contributed by atoms with Crippen LogP contribution in [-0.2, 0) is 7.05 Å². The Morgan fingerprint density at radius 3 is 2.94 bits per heavy atom. The Balaban J connectivity index is 2.17. The molecule has 1 aliphatic heterocycles. The maximum absolute atomic E-state index is 4.24. The summed E-state index contributed by atoms with van der Waals surface area (Å²) in [6, 6.07) is 6.37. The van der Waals surface area contributed by atoms with Crippen molar-refractivity contribution in [3.63, 3.8) is 0 Å². The topological polar surface area (TPSA) is 33.1 Å². The van der Waals surface area contributed by atoms with Gasteiger partial charge >= 0.3 is 0 Å². The number of fused-ring (bicyclic) bond motifs is 1. The molecule has 0 spiro atoms. The fourth-order valence-corrected chi connectivity index (χ4v) is 2.36. The maximum atomic E-state index is 4.24. The Morgan fingerprint density at radius 1 is 1.29 bits per heavy atom. The molecule has 0 saturated heterocycles. The lowest BCUT2D eigenvalue weighted by atomic mass is 10.0. The van der Waals surface area contributed by atoms with Gasteiger partial charge in [-0.05, 0) is 6.07 Å². The minimum atomic E-state index is 1.000. The van der Waals surface area contributed by atoms with Gasteiger partial charge in [0.2, 0.25) is 0 Å². The first-order chi connectivity index (χ1) is 8.25. The molecule has 1 aliphatic rings. The predicted molar refractivity (Wildman–Crippen MR) is 70.4 cm³/mol. The van der Waals surface area contributed by atoms with Gasteiger partial charge in [-0.1, -0.05) is 12.1 Å². The molecule has 0 fully saturated rings. The molecule has 1 aromatic heterocycles. The number of anilines is 2. The number of benzene rings is 1. The lowest BCUT2D eigenvalue weighted by Crippen LogP contribution is -2.30. The van der Waals surface area contributed by atoms with Crippen molar-refractivity contribution in [2.24, 2.45) is 7.05 Å². The van der Waals surface area contributed by atoms with E-state index in [4.69, 9.17) is 0 Å². The second kappa shape index (κ2) is 3.80. The van der Waals surface area contributed by atoms with Crippen molar-refractivity contribution >= 4 is 11.4 Å². The van der Waals surface area contributed by atoms with E-state index in [1.807, 2.05) is 17.9 Å².